The Morgan fingerprint density at radius 2 is 1.61 bits per heavy atom. The molecule has 6 heteroatoms. The van der Waals surface area contributed by atoms with Gasteiger partial charge in [0.1, 0.15) is 17.6 Å². The molecule has 168 valence electrons. The Hall–Kier alpha value is -2.89. The van der Waals surface area contributed by atoms with Crippen LogP contribution in [0.2, 0.25) is 0 Å². The summed E-state index contributed by atoms with van der Waals surface area (Å²) in [4.78, 5) is 27.4. The number of benzene rings is 2. The number of hydrogen-bond donors (Lipinski definition) is 1. The van der Waals surface area contributed by atoms with E-state index in [0.717, 1.165) is 12.0 Å². The normalized spacial score (nSPS) is 11.8. The SMILES string of the molecule is CCc1ccc(OCC(=O)N(Cc2ccc(F)cc2)[C@@H](CC)C(=O)NCC(C)C)cc1. The maximum atomic E-state index is 13.3. The lowest BCUT2D eigenvalue weighted by atomic mass is 10.1. The van der Waals surface area contributed by atoms with E-state index >= 15 is 0 Å². The van der Waals surface area contributed by atoms with Crippen LogP contribution in [0.1, 0.15) is 45.2 Å². The van der Waals surface area contributed by atoms with E-state index in [-0.39, 0.29) is 30.8 Å². The van der Waals surface area contributed by atoms with Gasteiger partial charge in [-0.1, -0.05) is 52.0 Å². The third kappa shape index (κ3) is 7.70. The smallest absolute Gasteiger partial charge is 0.261 e. The summed E-state index contributed by atoms with van der Waals surface area (Å²) in [6.07, 6.45) is 1.39. The van der Waals surface area contributed by atoms with Crippen LogP contribution in [0.4, 0.5) is 4.39 Å². The Labute approximate surface area is 184 Å². The van der Waals surface area contributed by atoms with Gasteiger partial charge in [-0.25, -0.2) is 4.39 Å². The first-order valence-electron chi connectivity index (χ1n) is 10.9. The zero-order chi connectivity index (χ0) is 22.8. The van der Waals surface area contributed by atoms with Crippen LogP contribution in [-0.4, -0.2) is 35.9 Å². The fourth-order valence-electron chi connectivity index (χ4n) is 3.18. The van der Waals surface area contributed by atoms with Crippen LogP contribution < -0.4 is 10.1 Å². The van der Waals surface area contributed by atoms with Gasteiger partial charge >= 0.3 is 0 Å². The van der Waals surface area contributed by atoms with E-state index in [2.05, 4.69) is 12.2 Å². The van der Waals surface area contributed by atoms with Gasteiger partial charge < -0.3 is 15.0 Å². The summed E-state index contributed by atoms with van der Waals surface area (Å²) in [6, 6.07) is 12.9. The molecule has 0 fully saturated rings. The van der Waals surface area contributed by atoms with Gasteiger partial charge in [0.25, 0.3) is 5.91 Å². The Balaban J connectivity index is 2.16. The van der Waals surface area contributed by atoms with Crippen molar-refractivity contribution in [2.24, 2.45) is 5.92 Å². The second-order valence-electron chi connectivity index (χ2n) is 8.00. The number of carbonyl (C=O) groups excluding carboxylic acids is 2. The van der Waals surface area contributed by atoms with Crippen molar-refractivity contribution in [2.75, 3.05) is 13.2 Å². The molecule has 0 aromatic heterocycles. The quantitative estimate of drug-likeness (QED) is 0.579. The molecule has 2 aromatic carbocycles. The molecule has 0 saturated carbocycles. The molecule has 5 nitrogen and oxygen atoms in total. The molecule has 0 aliphatic carbocycles. The van der Waals surface area contributed by atoms with Crippen LogP contribution in [-0.2, 0) is 22.6 Å². The molecule has 0 aliphatic rings. The monoisotopic (exact) mass is 428 g/mol. The average molecular weight is 429 g/mol. The third-order valence-electron chi connectivity index (χ3n) is 5.03. The molecular weight excluding hydrogens is 395 g/mol. The number of halogens is 1. The van der Waals surface area contributed by atoms with Gasteiger partial charge in [-0.15, -0.1) is 0 Å². The molecule has 0 saturated heterocycles. The van der Waals surface area contributed by atoms with Crippen molar-refractivity contribution in [3.63, 3.8) is 0 Å². The van der Waals surface area contributed by atoms with Gasteiger partial charge in [-0.3, -0.25) is 9.59 Å². The summed E-state index contributed by atoms with van der Waals surface area (Å²) in [5.74, 6) is 0.0679. The van der Waals surface area contributed by atoms with Crippen molar-refractivity contribution in [1.29, 1.82) is 0 Å². The van der Waals surface area contributed by atoms with E-state index in [0.29, 0.717) is 24.6 Å². The van der Waals surface area contributed by atoms with Gasteiger partial charge in [0.15, 0.2) is 6.61 Å². The standard InChI is InChI=1S/C25H33FN2O3/c1-5-19-9-13-22(14-10-19)31-17-24(29)28(16-20-7-11-21(26)12-8-20)23(6-2)25(30)27-15-18(3)4/h7-14,18,23H,5-6,15-17H2,1-4H3,(H,27,30)/t23-/m0/s1. The molecule has 1 atom stereocenters. The summed E-state index contributed by atoms with van der Waals surface area (Å²) >= 11 is 0. The minimum Gasteiger partial charge on any atom is -0.484 e. The summed E-state index contributed by atoms with van der Waals surface area (Å²) in [6.45, 7) is 8.52. The molecule has 1 N–H and O–H groups in total. The maximum absolute atomic E-state index is 13.3. The van der Waals surface area contributed by atoms with Gasteiger partial charge in [-0.05, 0) is 54.2 Å². The third-order valence-corrected chi connectivity index (χ3v) is 5.03. The Kier molecular flexibility index (Phi) is 9.50. The highest BCUT2D eigenvalue weighted by Crippen LogP contribution is 2.16. The van der Waals surface area contributed by atoms with E-state index in [1.54, 1.807) is 12.1 Å². The van der Waals surface area contributed by atoms with Crippen LogP contribution in [0.5, 0.6) is 5.75 Å². The summed E-state index contributed by atoms with van der Waals surface area (Å²) < 4.78 is 19.0. The Morgan fingerprint density at radius 1 is 1.00 bits per heavy atom. The Morgan fingerprint density at radius 3 is 2.16 bits per heavy atom. The average Bonchev–Trinajstić information content (AvgIpc) is 2.77. The van der Waals surface area contributed by atoms with Gasteiger partial charge in [0.2, 0.25) is 5.91 Å². The van der Waals surface area contributed by atoms with Crippen molar-refractivity contribution < 1.29 is 18.7 Å². The minimum atomic E-state index is -0.637. The first-order chi connectivity index (χ1) is 14.8. The predicted molar refractivity (Wildman–Crippen MR) is 120 cm³/mol. The minimum absolute atomic E-state index is 0.180. The van der Waals surface area contributed by atoms with Crippen LogP contribution in [0, 0.1) is 11.7 Å². The van der Waals surface area contributed by atoms with E-state index in [9.17, 15) is 14.0 Å². The number of amides is 2. The first kappa shape index (κ1) is 24.4. The maximum Gasteiger partial charge on any atom is 0.261 e. The number of nitrogens with zero attached hydrogens (tertiary/aromatic N) is 1. The molecule has 0 spiro atoms. The highest BCUT2D eigenvalue weighted by atomic mass is 19.1. The molecule has 2 amide bonds. The molecular formula is C25H33FN2O3. The number of nitrogens with one attached hydrogen (secondary N) is 1. The molecule has 0 radical (unpaired) electrons. The number of ether oxygens (including phenoxy) is 1. The second kappa shape index (κ2) is 12.1. The highest BCUT2D eigenvalue weighted by molar-refractivity contribution is 5.88. The van der Waals surface area contributed by atoms with Gasteiger partial charge in [0, 0.05) is 13.1 Å². The molecule has 2 rings (SSSR count). The molecule has 0 aliphatic heterocycles. The molecule has 0 unspecified atom stereocenters. The van der Waals surface area contributed by atoms with Crippen LogP contribution in [0.15, 0.2) is 48.5 Å². The lowest BCUT2D eigenvalue weighted by Gasteiger charge is -2.30. The largest absolute Gasteiger partial charge is 0.484 e. The lowest BCUT2D eigenvalue weighted by Crippen LogP contribution is -2.50. The van der Waals surface area contributed by atoms with Crippen LogP contribution in [0.25, 0.3) is 0 Å². The van der Waals surface area contributed by atoms with E-state index in [4.69, 9.17) is 4.74 Å². The van der Waals surface area contributed by atoms with E-state index in [1.807, 2.05) is 45.0 Å². The lowest BCUT2D eigenvalue weighted by molar-refractivity contribution is -0.143. The highest BCUT2D eigenvalue weighted by Gasteiger charge is 2.29. The predicted octanol–water partition coefficient (Wildman–Crippen LogP) is 4.35. The first-order valence-corrected chi connectivity index (χ1v) is 10.9. The van der Waals surface area contributed by atoms with Crippen molar-refractivity contribution in [2.45, 2.75) is 53.1 Å². The van der Waals surface area contributed by atoms with Gasteiger partial charge in [-0.2, -0.15) is 0 Å². The number of rotatable bonds is 11. The van der Waals surface area contributed by atoms with E-state index in [1.165, 1.54) is 22.6 Å². The molecule has 31 heavy (non-hydrogen) atoms. The van der Waals surface area contributed by atoms with Gasteiger partial charge in [0.05, 0.1) is 0 Å². The number of aryl methyl sites for hydroxylation is 1. The zero-order valence-electron chi connectivity index (χ0n) is 18.9. The van der Waals surface area contributed by atoms with Crippen molar-refractivity contribution >= 4 is 11.8 Å². The fraction of sp³-hybridized carbons (Fsp3) is 0.440. The number of hydrogen-bond acceptors (Lipinski definition) is 3. The van der Waals surface area contributed by atoms with Crippen LogP contribution in [0.3, 0.4) is 0 Å². The second-order valence-corrected chi connectivity index (χ2v) is 8.00. The summed E-state index contributed by atoms with van der Waals surface area (Å²) in [7, 11) is 0. The molecule has 2 aromatic rings. The fourth-order valence-corrected chi connectivity index (χ4v) is 3.18. The topological polar surface area (TPSA) is 58.6 Å². The van der Waals surface area contributed by atoms with Crippen LogP contribution >= 0.6 is 0 Å². The zero-order valence-corrected chi connectivity index (χ0v) is 18.9. The molecule has 0 bridgehead atoms. The van der Waals surface area contributed by atoms with Crippen molar-refractivity contribution in [3.8, 4) is 5.75 Å². The Bertz CT molecular complexity index is 835. The van der Waals surface area contributed by atoms with Crippen molar-refractivity contribution in [1.82, 2.24) is 10.2 Å². The number of carbonyl (C=O) groups is 2. The molecule has 0 heterocycles. The van der Waals surface area contributed by atoms with Crippen molar-refractivity contribution in [3.05, 3.63) is 65.5 Å². The summed E-state index contributed by atoms with van der Waals surface area (Å²) in [5, 5.41) is 2.92. The summed E-state index contributed by atoms with van der Waals surface area (Å²) in [5.41, 5.74) is 1.93. The van der Waals surface area contributed by atoms with E-state index < -0.39 is 6.04 Å².